The standard InChI is InChI=1S/C30H27FN2O6S/c1-5-37-27-21(8-7-9-23(27)36-4)26-25(29(35)38-6-2)17(3)32-30-33(26)28(34)24(40-30)16-20-14-15-22(39-20)18-10-12-19(31)13-11-18/h7-16,26H,5-6H2,1-4H3/b24-16+/t26-/m0/s1. The van der Waals surface area contributed by atoms with Crippen LogP contribution in [0.2, 0.25) is 0 Å². The second-order valence-corrected chi connectivity index (χ2v) is 9.83. The van der Waals surface area contributed by atoms with Gasteiger partial charge in [-0.3, -0.25) is 9.36 Å². The molecule has 0 saturated carbocycles. The minimum atomic E-state index is -0.861. The summed E-state index contributed by atoms with van der Waals surface area (Å²) in [5.41, 5.74) is 1.61. The van der Waals surface area contributed by atoms with Gasteiger partial charge in [-0.1, -0.05) is 23.5 Å². The Morgan fingerprint density at radius 2 is 1.90 bits per heavy atom. The lowest BCUT2D eigenvalue weighted by Gasteiger charge is -2.26. The van der Waals surface area contributed by atoms with E-state index in [0.29, 0.717) is 55.8 Å². The maximum absolute atomic E-state index is 13.9. The topological polar surface area (TPSA) is 92.3 Å². The number of halogens is 1. The van der Waals surface area contributed by atoms with Crippen LogP contribution < -0.4 is 24.4 Å². The molecule has 2 aromatic heterocycles. The highest BCUT2D eigenvalue weighted by atomic mass is 32.1. The minimum Gasteiger partial charge on any atom is -0.493 e. The van der Waals surface area contributed by atoms with Crippen LogP contribution in [-0.4, -0.2) is 30.9 Å². The predicted molar refractivity (Wildman–Crippen MR) is 149 cm³/mol. The molecule has 1 aliphatic heterocycles. The number of thiazole rings is 1. The molecule has 40 heavy (non-hydrogen) atoms. The van der Waals surface area contributed by atoms with E-state index >= 15 is 0 Å². The number of ether oxygens (including phenoxy) is 3. The number of fused-ring (bicyclic) bond motifs is 1. The average molecular weight is 563 g/mol. The first-order valence-corrected chi connectivity index (χ1v) is 13.5. The van der Waals surface area contributed by atoms with E-state index in [4.69, 9.17) is 18.6 Å². The number of carbonyl (C=O) groups excluding carboxylic acids is 1. The van der Waals surface area contributed by atoms with E-state index in [1.54, 1.807) is 62.4 Å². The first-order chi connectivity index (χ1) is 19.4. The Kier molecular flexibility index (Phi) is 7.70. The van der Waals surface area contributed by atoms with Crippen LogP contribution in [0.1, 0.15) is 38.1 Å². The third kappa shape index (κ3) is 4.98. The maximum atomic E-state index is 13.9. The van der Waals surface area contributed by atoms with Gasteiger partial charge in [-0.15, -0.1) is 0 Å². The normalized spacial score (nSPS) is 15.0. The van der Waals surface area contributed by atoms with Crippen LogP contribution in [0.25, 0.3) is 17.4 Å². The molecule has 0 saturated heterocycles. The van der Waals surface area contributed by atoms with Crippen LogP contribution in [0.5, 0.6) is 11.5 Å². The van der Waals surface area contributed by atoms with Crippen molar-refractivity contribution in [1.29, 1.82) is 0 Å². The monoisotopic (exact) mass is 562 g/mol. The van der Waals surface area contributed by atoms with E-state index in [1.165, 1.54) is 35.1 Å². The lowest BCUT2D eigenvalue weighted by Crippen LogP contribution is -2.40. The number of carbonyl (C=O) groups is 1. The molecule has 5 rings (SSSR count). The number of methoxy groups -OCH3 is 1. The van der Waals surface area contributed by atoms with E-state index in [-0.39, 0.29) is 23.6 Å². The Bertz CT molecular complexity index is 1780. The van der Waals surface area contributed by atoms with Gasteiger partial charge in [0.05, 0.1) is 36.1 Å². The third-order valence-corrected chi connectivity index (χ3v) is 7.34. The molecule has 1 aliphatic rings. The van der Waals surface area contributed by atoms with Gasteiger partial charge in [-0.2, -0.15) is 0 Å². The first kappa shape index (κ1) is 27.1. The zero-order valence-electron chi connectivity index (χ0n) is 22.4. The van der Waals surface area contributed by atoms with Crippen molar-refractivity contribution >= 4 is 23.4 Å². The van der Waals surface area contributed by atoms with Crippen LogP contribution in [0.15, 0.2) is 80.1 Å². The largest absolute Gasteiger partial charge is 0.493 e. The Labute approximate surface area is 233 Å². The second kappa shape index (κ2) is 11.4. The highest BCUT2D eigenvalue weighted by molar-refractivity contribution is 7.07. The van der Waals surface area contributed by atoms with Crippen molar-refractivity contribution in [3.05, 3.63) is 103 Å². The highest BCUT2D eigenvalue weighted by Crippen LogP contribution is 2.40. The molecule has 0 aliphatic carbocycles. The molecular formula is C30H27FN2O6S. The minimum absolute atomic E-state index is 0.165. The van der Waals surface area contributed by atoms with Gasteiger partial charge in [0.2, 0.25) is 0 Å². The maximum Gasteiger partial charge on any atom is 0.338 e. The molecule has 8 nitrogen and oxygen atoms in total. The SMILES string of the molecule is CCOC(=O)C1=C(C)N=c2s/c(=C/c3ccc(-c4ccc(F)cc4)o3)c(=O)n2[C@H]1c1cccc(OC)c1OCC. The van der Waals surface area contributed by atoms with Crippen LogP contribution in [0.4, 0.5) is 4.39 Å². The molecule has 0 fully saturated rings. The molecule has 0 unspecified atom stereocenters. The molecule has 0 amide bonds. The molecule has 10 heteroatoms. The van der Waals surface area contributed by atoms with Gasteiger partial charge in [0.1, 0.15) is 23.4 Å². The van der Waals surface area contributed by atoms with Gasteiger partial charge in [0.15, 0.2) is 16.3 Å². The molecule has 0 spiro atoms. The first-order valence-electron chi connectivity index (χ1n) is 12.7. The number of nitrogens with zero attached hydrogens (tertiary/aromatic N) is 2. The number of aromatic nitrogens is 1. The zero-order valence-corrected chi connectivity index (χ0v) is 23.2. The van der Waals surface area contributed by atoms with Crippen molar-refractivity contribution < 1.29 is 27.8 Å². The van der Waals surface area contributed by atoms with Crippen LogP contribution in [-0.2, 0) is 9.53 Å². The van der Waals surface area contributed by atoms with Crippen molar-refractivity contribution in [2.45, 2.75) is 26.8 Å². The predicted octanol–water partition coefficient (Wildman–Crippen LogP) is 4.60. The number of esters is 1. The summed E-state index contributed by atoms with van der Waals surface area (Å²) in [5.74, 6) is 0.978. The van der Waals surface area contributed by atoms with Crippen LogP contribution in [0.3, 0.4) is 0 Å². The molecular weight excluding hydrogens is 535 g/mol. The fourth-order valence-corrected chi connectivity index (χ4v) is 5.65. The highest BCUT2D eigenvalue weighted by Gasteiger charge is 2.36. The molecule has 1 atom stereocenters. The van der Waals surface area contributed by atoms with Crippen LogP contribution >= 0.6 is 11.3 Å². The van der Waals surface area contributed by atoms with Gasteiger partial charge in [-0.05, 0) is 63.2 Å². The molecule has 206 valence electrons. The molecule has 3 heterocycles. The zero-order chi connectivity index (χ0) is 28.4. The smallest absolute Gasteiger partial charge is 0.338 e. The van der Waals surface area contributed by atoms with Crippen molar-refractivity contribution in [3.63, 3.8) is 0 Å². The number of hydrogen-bond donors (Lipinski definition) is 0. The molecule has 4 aromatic rings. The number of rotatable bonds is 8. The quantitative estimate of drug-likeness (QED) is 0.292. The number of furan rings is 1. The third-order valence-electron chi connectivity index (χ3n) is 6.36. The molecule has 2 aromatic carbocycles. The second-order valence-electron chi connectivity index (χ2n) is 8.82. The molecule has 0 N–H and O–H groups in total. The van der Waals surface area contributed by atoms with E-state index in [9.17, 15) is 14.0 Å². The fraction of sp³-hybridized carbons (Fsp3) is 0.233. The van der Waals surface area contributed by atoms with Gasteiger partial charge in [0.25, 0.3) is 5.56 Å². The summed E-state index contributed by atoms with van der Waals surface area (Å²) >= 11 is 1.18. The van der Waals surface area contributed by atoms with Gasteiger partial charge in [0, 0.05) is 17.2 Å². The summed E-state index contributed by atoms with van der Waals surface area (Å²) in [7, 11) is 1.53. The summed E-state index contributed by atoms with van der Waals surface area (Å²) in [5, 5.41) is 0. The molecule has 0 bridgehead atoms. The van der Waals surface area contributed by atoms with Crippen molar-refractivity contribution in [2.75, 3.05) is 20.3 Å². The summed E-state index contributed by atoms with van der Waals surface area (Å²) in [6.07, 6.45) is 1.63. The lowest BCUT2D eigenvalue weighted by molar-refractivity contribution is -0.139. The summed E-state index contributed by atoms with van der Waals surface area (Å²) in [6, 6.07) is 13.9. The Hall–Kier alpha value is -4.44. The summed E-state index contributed by atoms with van der Waals surface area (Å²) in [6.45, 7) is 5.80. The number of hydrogen-bond acceptors (Lipinski definition) is 8. The van der Waals surface area contributed by atoms with E-state index in [2.05, 4.69) is 4.99 Å². The van der Waals surface area contributed by atoms with E-state index < -0.39 is 12.0 Å². The summed E-state index contributed by atoms with van der Waals surface area (Å²) < 4.78 is 38.0. The Morgan fingerprint density at radius 1 is 1.12 bits per heavy atom. The Morgan fingerprint density at radius 3 is 2.60 bits per heavy atom. The Balaban J connectivity index is 1.69. The van der Waals surface area contributed by atoms with Gasteiger partial charge >= 0.3 is 5.97 Å². The van der Waals surface area contributed by atoms with Gasteiger partial charge in [-0.25, -0.2) is 14.2 Å². The van der Waals surface area contributed by atoms with Crippen molar-refractivity contribution in [1.82, 2.24) is 4.57 Å². The van der Waals surface area contributed by atoms with E-state index in [1.807, 2.05) is 6.92 Å². The van der Waals surface area contributed by atoms with E-state index in [0.717, 1.165) is 0 Å². The number of para-hydroxylation sites is 1. The van der Waals surface area contributed by atoms with Crippen molar-refractivity contribution in [2.24, 2.45) is 4.99 Å². The van der Waals surface area contributed by atoms with Crippen LogP contribution in [0, 0.1) is 5.82 Å². The van der Waals surface area contributed by atoms with Gasteiger partial charge < -0.3 is 18.6 Å². The fourth-order valence-electron chi connectivity index (χ4n) is 4.62. The number of benzene rings is 2. The van der Waals surface area contributed by atoms with Crippen molar-refractivity contribution in [3.8, 4) is 22.8 Å². The number of allylic oxidation sites excluding steroid dienone is 1. The lowest BCUT2D eigenvalue weighted by atomic mass is 9.94. The molecule has 0 radical (unpaired) electrons. The average Bonchev–Trinajstić information content (AvgIpc) is 3.53. The summed E-state index contributed by atoms with van der Waals surface area (Å²) in [4.78, 5) is 32.2.